The van der Waals surface area contributed by atoms with Gasteiger partial charge in [-0.25, -0.2) is 4.98 Å². The quantitative estimate of drug-likeness (QED) is 0.461. The molecule has 29 heavy (non-hydrogen) atoms. The Kier molecular flexibility index (Phi) is 5.04. The SMILES string of the molecule is CC(C)c1ccccc1Oc1ccc(-c2nc3ccccc3n2CC(=O)O)cc1. The van der Waals surface area contributed by atoms with Crippen molar-refractivity contribution in [2.45, 2.75) is 26.3 Å². The molecular formula is C24H22N2O3. The van der Waals surface area contributed by atoms with Crippen LogP contribution in [0.25, 0.3) is 22.4 Å². The van der Waals surface area contributed by atoms with E-state index in [2.05, 4.69) is 24.9 Å². The molecule has 0 saturated carbocycles. The maximum atomic E-state index is 11.4. The van der Waals surface area contributed by atoms with E-state index in [0.717, 1.165) is 33.7 Å². The molecule has 5 nitrogen and oxygen atoms in total. The largest absolute Gasteiger partial charge is 0.480 e. The summed E-state index contributed by atoms with van der Waals surface area (Å²) in [5.74, 6) is 1.65. The number of ether oxygens (including phenoxy) is 1. The number of imidazole rings is 1. The lowest BCUT2D eigenvalue weighted by Crippen LogP contribution is -2.09. The van der Waals surface area contributed by atoms with Crippen LogP contribution in [0.15, 0.2) is 72.8 Å². The summed E-state index contributed by atoms with van der Waals surface area (Å²) in [4.78, 5) is 16.0. The Morgan fingerprint density at radius 3 is 2.41 bits per heavy atom. The average Bonchev–Trinajstić information content (AvgIpc) is 3.07. The lowest BCUT2D eigenvalue weighted by Gasteiger charge is -2.14. The Hall–Kier alpha value is -3.60. The van der Waals surface area contributed by atoms with Crippen LogP contribution >= 0.6 is 0 Å². The van der Waals surface area contributed by atoms with E-state index < -0.39 is 5.97 Å². The van der Waals surface area contributed by atoms with Gasteiger partial charge in [0.25, 0.3) is 0 Å². The van der Waals surface area contributed by atoms with E-state index in [0.29, 0.717) is 11.7 Å². The highest BCUT2D eigenvalue weighted by atomic mass is 16.5. The minimum Gasteiger partial charge on any atom is -0.480 e. The Morgan fingerprint density at radius 2 is 1.69 bits per heavy atom. The second kappa shape index (κ2) is 7.80. The molecule has 4 aromatic rings. The summed E-state index contributed by atoms with van der Waals surface area (Å²) in [7, 11) is 0. The zero-order valence-corrected chi connectivity index (χ0v) is 16.4. The summed E-state index contributed by atoms with van der Waals surface area (Å²) in [5.41, 5.74) is 3.57. The van der Waals surface area contributed by atoms with Crippen LogP contribution in [0.5, 0.6) is 11.5 Å². The summed E-state index contributed by atoms with van der Waals surface area (Å²) >= 11 is 0. The van der Waals surface area contributed by atoms with Crippen molar-refractivity contribution < 1.29 is 14.6 Å². The number of benzene rings is 3. The average molecular weight is 386 g/mol. The topological polar surface area (TPSA) is 64.4 Å². The van der Waals surface area contributed by atoms with Gasteiger partial charge in [0.1, 0.15) is 23.9 Å². The minimum atomic E-state index is -0.903. The van der Waals surface area contributed by atoms with Gasteiger partial charge in [-0.1, -0.05) is 44.2 Å². The fourth-order valence-electron chi connectivity index (χ4n) is 3.44. The molecule has 5 heteroatoms. The molecule has 0 fully saturated rings. The van der Waals surface area contributed by atoms with E-state index in [1.165, 1.54) is 0 Å². The van der Waals surface area contributed by atoms with Gasteiger partial charge in [0.2, 0.25) is 0 Å². The lowest BCUT2D eigenvalue weighted by atomic mass is 10.0. The Morgan fingerprint density at radius 1 is 1.00 bits per heavy atom. The molecule has 0 atom stereocenters. The molecule has 146 valence electrons. The van der Waals surface area contributed by atoms with Gasteiger partial charge >= 0.3 is 5.97 Å². The van der Waals surface area contributed by atoms with E-state index in [1.54, 1.807) is 4.57 Å². The first kappa shape index (κ1) is 18.7. The summed E-state index contributed by atoms with van der Waals surface area (Å²) < 4.78 is 7.82. The standard InChI is InChI=1S/C24H22N2O3/c1-16(2)19-7-3-6-10-22(19)29-18-13-11-17(12-14-18)24-25-20-8-4-5-9-21(20)26(24)15-23(27)28/h3-14,16H,15H2,1-2H3,(H,27,28). The van der Waals surface area contributed by atoms with Crippen LogP contribution in [0.2, 0.25) is 0 Å². The highest BCUT2D eigenvalue weighted by Gasteiger charge is 2.15. The molecule has 0 aliphatic carbocycles. The number of hydrogen-bond donors (Lipinski definition) is 1. The second-order valence-corrected chi connectivity index (χ2v) is 7.22. The third-order valence-electron chi connectivity index (χ3n) is 4.83. The number of carbonyl (C=O) groups is 1. The summed E-state index contributed by atoms with van der Waals surface area (Å²) in [6.45, 7) is 4.13. The number of carboxylic acid groups (broad SMARTS) is 1. The fourth-order valence-corrected chi connectivity index (χ4v) is 3.44. The van der Waals surface area contributed by atoms with E-state index in [4.69, 9.17) is 4.74 Å². The molecule has 1 heterocycles. The van der Waals surface area contributed by atoms with Crippen molar-refractivity contribution in [3.05, 3.63) is 78.4 Å². The van der Waals surface area contributed by atoms with Gasteiger partial charge in [-0.3, -0.25) is 4.79 Å². The number of hydrogen-bond acceptors (Lipinski definition) is 3. The Bertz CT molecular complexity index is 1160. The first-order valence-electron chi connectivity index (χ1n) is 9.57. The third kappa shape index (κ3) is 3.85. The molecule has 4 rings (SSSR count). The highest BCUT2D eigenvalue weighted by molar-refractivity contribution is 5.82. The van der Waals surface area contributed by atoms with E-state index in [9.17, 15) is 9.90 Å². The molecular weight excluding hydrogens is 364 g/mol. The molecule has 0 radical (unpaired) electrons. The molecule has 0 spiro atoms. The van der Waals surface area contributed by atoms with Crippen LogP contribution in [0, 0.1) is 0 Å². The van der Waals surface area contributed by atoms with Gasteiger partial charge in [-0.2, -0.15) is 0 Å². The maximum Gasteiger partial charge on any atom is 0.323 e. The molecule has 0 bridgehead atoms. The molecule has 0 unspecified atom stereocenters. The van der Waals surface area contributed by atoms with Gasteiger partial charge in [0, 0.05) is 5.56 Å². The number of fused-ring (bicyclic) bond motifs is 1. The maximum absolute atomic E-state index is 11.4. The van der Waals surface area contributed by atoms with Crippen LogP contribution in [0.4, 0.5) is 0 Å². The number of carboxylic acids is 1. The van der Waals surface area contributed by atoms with Crippen molar-refractivity contribution >= 4 is 17.0 Å². The van der Waals surface area contributed by atoms with Crippen molar-refractivity contribution in [3.8, 4) is 22.9 Å². The van der Waals surface area contributed by atoms with Crippen molar-refractivity contribution in [3.63, 3.8) is 0 Å². The van der Waals surface area contributed by atoms with Crippen molar-refractivity contribution in [1.29, 1.82) is 0 Å². The molecule has 0 aliphatic rings. The lowest BCUT2D eigenvalue weighted by molar-refractivity contribution is -0.137. The molecule has 0 aliphatic heterocycles. The van der Waals surface area contributed by atoms with Gasteiger partial charge in [-0.05, 0) is 53.9 Å². The van der Waals surface area contributed by atoms with Crippen LogP contribution in [-0.2, 0) is 11.3 Å². The van der Waals surface area contributed by atoms with E-state index >= 15 is 0 Å². The number of nitrogens with zero attached hydrogens (tertiary/aromatic N) is 2. The van der Waals surface area contributed by atoms with E-state index in [1.807, 2.05) is 66.7 Å². The number of para-hydroxylation sites is 3. The Labute approximate surface area is 169 Å². The fraction of sp³-hybridized carbons (Fsp3) is 0.167. The molecule has 0 saturated heterocycles. The Balaban J connectivity index is 1.68. The van der Waals surface area contributed by atoms with Crippen molar-refractivity contribution in [2.75, 3.05) is 0 Å². The van der Waals surface area contributed by atoms with Crippen molar-refractivity contribution in [2.24, 2.45) is 0 Å². The number of rotatable bonds is 6. The predicted molar refractivity (Wildman–Crippen MR) is 113 cm³/mol. The first-order valence-corrected chi connectivity index (χ1v) is 9.57. The molecule has 1 N–H and O–H groups in total. The van der Waals surface area contributed by atoms with Gasteiger partial charge in [0.05, 0.1) is 11.0 Å². The number of aliphatic carboxylic acids is 1. The highest BCUT2D eigenvalue weighted by Crippen LogP contribution is 2.32. The van der Waals surface area contributed by atoms with Crippen LogP contribution in [0.3, 0.4) is 0 Å². The first-order chi connectivity index (χ1) is 14.0. The normalized spacial score (nSPS) is 11.1. The zero-order chi connectivity index (χ0) is 20.4. The monoisotopic (exact) mass is 386 g/mol. The predicted octanol–water partition coefficient (Wildman–Crippen LogP) is 5.70. The van der Waals surface area contributed by atoms with Crippen LogP contribution in [0.1, 0.15) is 25.3 Å². The van der Waals surface area contributed by atoms with Crippen LogP contribution in [-0.4, -0.2) is 20.6 Å². The summed E-state index contributed by atoms with van der Waals surface area (Å²) in [6, 6.07) is 23.2. The summed E-state index contributed by atoms with van der Waals surface area (Å²) in [5, 5.41) is 9.33. The molecule has 1 aromatic heterocycles. The molecule has 3 aromatic carbocycles. The van der Waals surface area contributed by atoms with Crippen molar-refractivity contribution in [1.82, 2.24) is 9.55 Å². The van der Waals surface area contributed by atoms with Gasteiger partial charge in [-0.15, -0.1) is 0 Å². The zero-order valence-electron chi connectivity index (χ0n) is 16.4. The second-order valence-electron chi connectivity index (χ2n) is 7.22. The van der Waals surface area contributed by atoms with E-state index in [-0.39, 0.29) is 6.54 Å². The van der Waals surface area contributed by atoms with Gasteiger partial charge < -0.3 is 14.4 Å². The molecule has 0 amide bonds. The van der Waals surface area contributed by atoms with Crippen LogP contribution < -0.4 is 4.74 Å². The third-order valence-corrected chi connectivity index (χ3v) is 4.83. The van der Waals surface area contributed by atoms with Gasteiger partial charge in [0.15, 0.2) is 0 Å². The minimum absolute atomic E-state index is 0.143. The smallest absolute Gasteiger partial charge is 0.323 e. The summed E-state index contributed by atoms with van der Waals surface area (Å²) in [6.07, 6.45) is 0. The number of aromatic nitrogens is 2.